The Kier molecular flexibility index (Phi) is 8.95. The largest absolute Gasteiger partial charge is 0.273 e. The molecular weight excluding hydrogens is 310 g/mol. The topological polar surface area (TPSA) is 47.8 Å². The summed E-state index contributed by atoms with van der Waals surface area (Å²) < 4.78 is 1.43. The van der Waals surface area contributed by atoms with Crippen molar-refractivity contribution in [3.63, 3.8) is 0 Å². The number of benzene rings is 1. The van der Waals surface area contributed by atoms with Crippen LogP contribution in [0.1, 0.15) is 82.3 Å². The number of para-hydroxylation sites is 1. The fourth-order valence-electron chi connectivity index (χ4n) is 2.99. The molecule has 0 aliphatic heterocycles. The lowest BCUT2D eigenvalue weighted by molar-refractivity contribution is 0.0887. The highest BCUT2D eigenvalue weighted by Crippen LogP contribution is 2.12. The molecule has 4 heteroatoms. The van der Waals surface area contributed by atoms with Gasteiger partial charge in [-0.3, -0.25) is 4.79 Å². The quantitative estimate of drug-likeness (QED) is 0.354. The molecule has 0 radical (unpaired) electrons. The van der Waals surface area contributed by atoms with Crippen LogP contribution in [0.25, 0.3) is 11.0 Å². The summed E-state index contributed by atoms with van der Waals surface area (Å²) in [4.78, 5) is 12.2. The highest BCUT2D eigenvalue weighted by Gasteiger charge is 2.10. The Morgan fingerprint density at radius 3 is 2.44 bits per heavy atom. The van der Waals surface area contributed by atoms with E-state index in [2.05, 4.69) is 29.4 Å². The molecule has 0 aliphatic rings. The summed E-state index contributed by atoms with van der Waals surface area (Å²) >= 11 is 0. The molecule has 0 fully saturated rings. The van der Waals surface area contributed by atoms with E-state index in [0.717, 1.165) is 30.3 Å². The Labute approximate surface area is 151 Å². The van der Waals surface area contributed by atoms with Crippen LogP contribution in [0.3, 0.4) is 0 Å². The van der Waals surface area contributed by atoms with Gasteiger partial charge in [-0.1, -0.05) is 74.9 Å². The summed E-state index contributed by atoms with van der Waals surface area (Å²) in [5.41, 5.74) is 1.56. The minimum atomic E-state index is 0.0224. The van der Waals surface area contributed by atoms with Crippen LogP contribution in [-0.4, -0.2) is 20.9 Å². The minimum Gasteiger partial charge on any atom is -0.273 e. The summed E-state index contributed by atoms with van der Waals surface area (Å²) in [6.45, 7) is 2.26. The number of hydrogen-bond acceptors (Lipinski definition) is 3. The number of unbranched alkanes of at least 4 members (excludes halogenated alkanes) is 8. The zero-order chi connectivity index (χ0) is 17.7. The Balaban J connectivity index is 1.55. The summed E-state index contributed by atoms with van der Waals surface area (Å²) in [5.74, 6) is 0.0224. The zero-order valence-electron chi connectivity index (χ0n) is 15.5. The van der Waals surface area contributed by atoms with Gasteiger partial charge in [0.05, 0.1) is 5.52 Å². The van der Waals surface area contributed by atoms with Gasteiger partial charge in [-0.15, -0.1) is 5.10 Å². The van der Waals surface area contributed by atoms with Crippen molar-refractivity contribution in [2.24, 2.45) is 0 Å². The van der Waals surface area contributed by atoms with Gasteiger partial charge in [0, 0.05) is 6.42 Å². The van der Waals surface area contributed by atoms with E-state index in [1.165, 1.54) is 49.6 Å². The molecule has 1 aromatic carbocycles. The average molecular weight is 341 g/mol. The van der Waals surface area contributed by atoms with Crippen LogP contribution in [0.2, 0.25) is 0 Å². The van der Waals surface area contributed by atoms with Crippen LogP contribution in [0.4, 0.5) is 0 Å². The number of carbonyl (C=O) groups excluding carboxylic acids is 1. The summed E-state index contributed by atoms with van der Waals surface area (Å²) in [6.07, 6.45) is 17.4. The molecule has 0 atom stereocenters. The number of aromatic nitrogens is 3. The van der Waals surface area contributed by atoms with Crippen molar-refractivity contribution in [2.75, 3.05) is 0 Å². The molecule has 2 aromatic rings. The van der Waals surface area contributed by atoms with E-state index in [9.17, 15) is 4.79 Å². The molecule has 25 heavy (non-hydrogen) atoms. The molecule has 0 aliphatic carbocycles. The van der Waals surface area contributed by atoms with Gasteiger partial charge < -0.3 is 0 Å². The molecule has 0 saturated heterocycles. The smallest absolute Gasteiger partial charge is 0.248 e. The molecule has 0 unspecified atom stereocenters. The molecule has 4 nitrogen and oxygen atoms in total. The van der Waals surface area contributed by atoms with Gasteiger partial charge in [0.2, 0.25) is 5.91 Å². The molecular formula is C21H31N3O. The van der Waals surface area contributed by atoms with Gasteiger partial charge >= 0.3 is 0 Å². The standard InChI is InChI=1S/C21H31N3O/c1-2-3-4-5-6-7-8-9-10-11-12-13-18-21(25)24-20-17-15-14-16-19(20)22-23-24/h10-11,14-17H,2-9,12-13,18H2,1H3/b11-10+. The van der Waals surface area contributed by atoms with Crippen molar-refractivity contribution in [3.05, 3.63) is 36.4 Å². The van der Waals surface area contributed by atoms with Gasteiger partial charge in [0.1, 0.15) is 5.52 Å². The van der Waals surface area contributed by atoms with Crippen LogP contribution in [0.15, 0.2) is 36.4 Å². The number of hydrogen-bond donors (Lipinski definition) is 0. The van der Waals surface area contributed by atoms with Gasteiger partial charge in [0.15, 0.2) is 0 Å². The molecule has 0 spiro atoms. The molecule has 0 amide bonds. The van der Waals surface area contributed by atoms with Gasteiger partial charge in [-0.2, -0.15) is 4.68 Å². The normalized spacial score (nSPS) is 11.6. The first-order valence-electron chi connectivity index (χ1n) is 9.81. The highest BCUT2D eigenvalue weighted by atomic mass is 16.2. The molecule has 1 heterocycles. The molecule has 0 bridgehead atoms. The number of allylic oxidation sites excluding steroid dienone is 2. The van der Waals surface area contributed by atoms with Crippen molar-refractivity contribution in [1.29, 1.82) is 0 Å². The van der Waals surface area contributed by atoms with E-state index in [4.69, 9.17) is 0 Å². The first kappa shape index (κ1) is 19.4. The fraction of sp³-hybridized carbons (Fsp3) is 0.571. The van der Waals surface area contributed by atoms with E-state index in [0.29, 0.717) is 6.42 Å². The number of carbonyl (C=O) groups is 1. The van der Waals surface area contributed by atoms with Gasteiger partial charge in [-0.05, 0) is 37.8 Å². The molecule has 1 aromatic heterocycles. The maximum Gasteiger partial charge on any atom is 0.248 e. The summed E-state index contributed by atoms with van der Waals surface area (Å²) in [7, 11) is 0. The third-order valence-electron chi connectivity index (χ3n) is 4.49. The SMILES string of the molecule is CCCCCCCCC/C=C/CCCC(=O)n1nnc2ccccc21. The zero-order valence-corrected chi connectivity index (χ0v) is 15.5. The number of fused-ring (bicyclic) bond motifs is 1. The van der Waals surface area contributed by atoms with Crippen LogP contribution in [-0.2, 0) is 0 Å². The predicted molar refractivity (Wildman–Crippen MR) is 104 cm³/mol. The van der Waals surface area contributed by atoms with Crippen LogP contribution in [0, 0.1) is 0 Å². The Morgan fingerprint density at radius 2 is 1.64 bits per heavy atom. The lowest BCUT2D eigenvalue weighted by Crippen LogP contribution is -2.11. The lowest BCUT2D eigenvalue weighted by Gasteiger charge is -2.00. The first-order chi connectivity index (χ1) is 12.3. The van der Waals surface area contributed by atoms with Crippen LogP contribution < -0.4 is 0 Å². The third kappa shape index (κ3) is 6.81. The monoisotopic (exact) mass is 341 g/mol. The first-order valence-corrected chi connectivity index (χ1v) is 9.81. The molecule has 0 N–H and O–H groups in total. The van der Waals surface area contributed by atoms with E-state index >= 15 is 0 Å². The van der Waals surface area contributed by atoms with E-state index in [1.807, 2.05) is 24.3 Å². The maximum absolute atomic E-state index is 12.2. The van der Waals surface area contributed by atoms with Crippen molar-refractivity contribution in [2.45, 2.75) is 77.6 Å². The number of rotatable bonds is 12. The van der Waals surface area contributed by atoms with Crippen molar-refractivity contribution in [3.8, 4) is 0 Å². The Morgan fingerprint density at radius 1 is 0.960 bits per heavy atom. The molecule has 136 valence electrons. The lowest BCUT2D eigenvalue weighted by atomic mass is 10.1. The van der Waals surface area contributed by atoms with Gasteiger partial charge in [0.25, 0.3) is 0 Å². The van der Waals surface area contributed by atoms with Crippen molar-refractivity contribution >= 4 is 16.9 Å². The Hall–Kier alpha value is -1.97. The predicted octanol–water partition coefficient (Wildman–Crippen LogP) is 5.94. The second kappa shape index (κ2) is 11.6. The van der Waals surface area contributed by atoms with E-state index < -0.39 is 0 Å². The van der Waals surface area contributed by atoms with Crippen molar-refractivity contribution in [1.82, 2.24) is 15.0 Å². The second-order valence-corrected chi connectivity index (χ2v) is 6.66. The molecule has 0 saturated carbocycles. The highest BCUT2D eigenvalue weighted by molar-refractivity contribution is 5.88. The Bertz CT molecular complexity index is 660. The molecule has 2 rings (SSSR count). The second-order valence-electron chi connectivity index (χ2n) is 6.66. The maximum atomic E-state index is 12.2. The van der Waals surface area contributed by atoms with Crippen molar-refractivity contribution < 1.29 is 4.79 Å². The average Bonchev–Trinajstić information content (AvgIpc) is 3.06. The van der Waals surface area contributed by atoms with Crippen LogP contribution >= 0.6 is 0 Å². The third-order valence-corrected chi connectivity index (χ3v) is 4.49. The van der Waals surface area contributed by atoms with Crippen LogP contribution in [0.5, 0.6) is 0 Å². The number of nitrogens with zero attached hydrogens (tertiary/aromatic N) is 3. The minimum absolute atomic E-state index is 0.0224. The van der Waals surface area contributed by atoms with E-state index in [-0.39, 0.29) is 5.91 Å². The van der Waals surface area contributed by atoms with E-state index in [1.54, 1.807) is 0 Å². The summed E-state index contributed by atoms with van der Waals surface area (Å²) in [5, 5.41) is 8.00. The summed E-state index contributed by atoms with van der Waals surface area (Å²) in [6, 6.07) is 7.57. The fourth-order valence-corrected chi connectivity index (χ4v) is 2.99. The van der Waals surface area contributed by atoms with Gasteiger partial charge in [-0.25, -0.2) is 0 Å².